The number of benzene rings is 1. The molecule has 92 valence electrons. The average molecular weight is 243 g/mol. The SMILES string of the molecule is Cc1cc([N+](=O)[O-])ccc1N(C)c1ccccn1. The van der Waals surface area contributed by atoms with Gasteiger partial charge in [0.15, 0.2) is 0 Å². The molecule has 5 heteroatoms. The molecule has 2 aromatic rings. The molecular formula is C13H13N3O2. The quantitative estimate of drug-likeness (QED) is 0.614. The first-order chi connectivity index (χ1) is 8.59. The van der Waals surface area contributed by atoms with Crippen molar-refractivity contribution in [1.82, 2.24) is 4.98 Å². The molecule has 0 spiro atoms. The van der Waals surface area contributed by atoms with E-state index in [0.29, 0.717) is 0 Å². The van der Waals surface area contributed by atoms with Gasteiger partial charge in [-0.2, -0.15) is 0 Å². The van der Waals surface area contributed by atoms with Crippen molar-refractivity contribution in [3.8, 4) is 0 Å². The van der Waals surface area contributed by atoms with Gasteiger partial charge in [-0.15, -0.1) is 0 Å². The van der Waals surface area contributed by atoms with Crippen LogP contribution in [0.3, 0.4) is 0 Å². The highest BCUT2D eigenvalue weighted by molar-refractivity contribution is 5.64. The normalized spacial score (nSPS) is 10.1. The summed E-state index contributed by atoms with van der Waals surface area (Å²) in [5, 5.41) is 10.7. The van der Waals surface area contributed by atoms with Crippen LogP contribution in [0.25, 0.3) is 0 Å². The molecule has 5 nitrogen and oxygen atoms in total. The van der Waals surface area contributed by atoms with Crippen LogP contribution in [0.15, 0.2) is 42.6 Å². The van der Waals surface area contributed by atoms with Crippen LogP contribution >= 0.6 is 0 Å². The zero-order valence-corrected chi connectivity index (χ0v) is 10.2. The summed E-state index contributed by atoms with van der Waals surface area (Å²) in [7, 11) is 1.89. The lowest BCUT2D eigenvalue weighted by atomic mass is 10.1. The van der Waals surface area contributed by atoms with E-state index in [1.165, 1.54) is 6.07 Å². The van der Waals surface area contributed by atoms with Gasteiger partial charge in [-0.05, 0) is 30.7 Å². The first-order valence-electron chi connectivity index (χ1n) is 5.49. The van der Waals surface area contributed by atoms with Crippen LogP contribution in [0.5, 0.6) is 0 Å². The monoisotopic (exact) mass is 243 g/mol. The molecular weight excluding hydrogens is 230 g/mol. The Bertz CT molecular complexity index is 570. The van der Waals surface area contributed by atoms with Crippen molar-refractivity contribution in [3.63, 3.8) is 0 Å². The van der Waals surface area contributed by atoms with E-state index in [9.17, 15) is 10.1 Å². The number of non-ortho nitro benzene ring substituents is 1. The average Bonchev–Trinajstić information content (AvgIpc) is 2.38. The number of aromatic nitrogens is 1. The van der Waals surface area contributed by atoms with Gasteiger partial charge in [0.1, 0.15) is 5.82 Å². The topological polar surface area (TPSA) is 59.3 Å². The summed E-state index contributed by atoms with van der Waals surface area (Å²) in [6.07, 6.45) is 1.71. The fourth-order valence-corrected chi connectivity index (χ4v) is 1.81. The Hall–Kier alpha value is -2.43. The maximum Gasteiger partial charge on any atom is 0.269 e. The highest BCUT2D eigenvalue weighted by Gasteiger charge is 2.12. The lowest BCUT2D eigenvalue weighted by Crippen LogP contribution is -2.12. The van der Waals surface area contributed by atoms with Gasteiger partial charge in [0.05, 0.1) is 4.92 Å². The number of anilines is 2. The number of nitro groups is 1. The predicted octanol–water partition coefficient (Wildman–Crippen LogP) is 3.07. The standard InChI is InChI=1S/C13H13N3O2/c1-10-9-11(16(17)18)6-7-12(10)15(2)13-5-3-4-8-14-13/h3-9H,1-2H3. The van der Waals surface area contributed by atoms with Crippen molar-refractivity contribution in [2.75, 3.05) is 11.9 Å². The molecule has 0 aliphatic carbocycles. The van der Waals surface area contributed by atoms with Crippen LogP contribution in [0, 0.1) is 17.0 Å². The van der Waals surface area contributed by atoms with Crippen molar-refractivity contribution in [2.45, 2.75) is 6.92 Å². The predicted molar refractivity (Wildman–Crippen MR) is 70.1 cm³/mol. The van der Waals surface area contributed by atoms with E-state index in [2.05, 4.69) is 4.98 Å². The Kier molecular flexibility index (Phi) is 3.23. The van der Waals surface area contributed by atoms with Crippen molar-refractivity contribution >= 4 is 17.2 Å². The molecule has 0 N–H and O–H groups in total. The maximum absolute atomic E-state index is 10.7. The molecule has 1 heterocycles. The number of rotatable bonds is 3. The fourth-order valence-electron chi connectivity index (χ4n) is 1.81. The summed E-state index contributed by atoms with van der Waals surface area (Å²) in [4.78, 5) is 16.4. The van der Waals surface area contributed by atoms with Crippen LogP contribution in [0.4, 0.5) is 17.2 Å². The third kappa shape index (κ3) is 2.29. The van der Waals surface area contributed by atoms with Crippen LogP contribution < -0.4 is 4.90 Å². The minimum absolute atomic E-state index is 0.102. The molecule has 0 aliphatic heterocycles. The molecule has 2 rings (SSSR count). The molecule has 1 aromatic carbocycles. The minimum Gasteiger partial charge on any atom is -0.329 e. The Morgan fingerprint density at radius 2 is 2.06 bits per heavy atom. The van der Waals surface area contributed by atoms with Crippen LogP contribution in [0.2, 0.25) is 0 Å². The second-order valence-electron chi connectivity index (χ2n) is 3.97. The molecule has 0 amide bonds. The maximum atomic E-state index is 10.7. The van der Waals surface area contributed by atoms with Gasteiger partial charge < -0.3 is 4.90 Å². The second kappa shape index (κ2) is 4.83. The molecule has 0 radical (unpaired) electrons. The van der Waals surface area contributed by atoms with Gasteiger partial charge in [0.2, 0.25) is 0 Å². The molecule has 0 unspecified atom stereocenters. The van der Waals surface area contributed by atoms with Gasteiger partial charge in [-0.25, -0.2) is 4.98 Å². The van der Waals surface area contributed by atoms with Crippen molar-refractivity contribution in [3.05, 3.63) is 58.3 Å². The number of aryl methyl sites for hydroxylation is 1. The lowest BCUT2D eigenvalue weighted by molar-refractivity contribution is -0.384. The number of pyridine rings is 1. The summed E-state index contributed by atoms with van der Waals surface area (Å²) >= 11 is 0. The fraction of sp³-hybridized carbons (Fsp3) is 0.154. The molecule has 0 saturated heterocycles. The van der Waals surface area contributed by atoms with Crippen molar-refractivity contribution in [1.29, 1.82) is 0 Å². The van der Waals surface area contributed by atoms with Crippen molar-refractivity contribution in [2.24, 2.45) is 0 Å². The zero-order chi connectivity index (χ0) is 13.1. The lowest BCUT2D eigenvalue weighted by Gasteiger charge is -2.20. The van der Waals surface area contributed by atoms with Gasteiger partial charge in [-0.1, -0.05) is 6.07 Å². The summed E-state index contributed by atoms with van der Waals surface area (Å²) < 4.78 is 0. The summed E-state index contributed by atoms with van der Waals surface area (Å²) in [5.41, 5.74) is 1.85. The second-order valence-corrected chi connectivity index (χ2v) is 3.97. The summed E-state index contributed by atoms with van der Waals surface area (Å²) in [6.45, 7) is 1.85. The van der Waals surface area contributed by atoms with Crippen LogP contribution in [0.1, 0.15) is 5.56 Å². The van der Waals surface area contributed by atoms with Crippen LogP contribution in [-0.2, 0) is 0 Å². The first kappa shape index (κ1) is 12.0. The smallest absolute Gasteiger partial charge is 0.269 e. The Balaban J connectivity index is 2.37. The third-order valence-electron chi connectivity index (χ3n) is 2.75. The van der Waals surface area contributed by atoms with E-state index in [1.807, 2.05) is 37.1 Å². The van der Waals surface area contributed by atoms with Crippen LogP contribution in [-0.4, -0.2) is 17.0 Å². The summed E-state index contributed by atoms with van der Waals surface area (Å²) in [6, 6.07) is 10.4. The van der Waals surface area contributed by atoms with E-state index in [4.69, 9.17) is 0 Å². The van der Waals surface area contributed by atoms with Crippen molar-refractivity contribution < 1.29 is 4.92 Å². The number of hydrogen-bond donors (Lipinski definition) is 0. The zero-order valence-electron chi connectivity index (χ0n) is 10.2. The Labute approximate surface area is 105 Å². The van der Waals surface area contributed by atoms with E-state index in [1.54, 1.807) is 18.3 Å². The van der Waals surface area contributed by atoms with Gasteiger partial charge in [-0.3, -0.25) is 10.1 Å². The molecule has 0 aliphatic rings. The van der Waals surface area contributed by atoms with Gasteiger partial charge in [0.25, 0.3) is 5.69 Å². The highest BCUT2D eigenvalue weighted by Crippen LogP contribution is 2.27. The molecule has 0 saturated carbocycles. The molecule has 0 bridgehead atoms. The largest absolute Gasteiger partial charge is 0.329 e. The summed E-state index contributed by atoms with van der Waals surface area (Å²) in [5.74, 6) is 0.800. The van der Waals surface area contributed by atoms with E-state index in [0.717, 1.165) is 17.1 Å². The van der Waals surface area contributed by atoms with E-state index >= 15 is 0 Å². The number of nitro benzene ring substituents is 1. The minimum atomic E-state index is -0.391. The third-order valence-corrected chi connectivity index (χ3v) is 2.75. The Morgan fingerprint density at radius 1 is 1.28 bits per heavy atom. The van der Waals surface area contributed by atoms with Gasteiger partial charge >= 0.3 is 0 Å². The molecule has 0 atom stereocenters. The molecule has 0 fully saturated rings. The molecule has 1 aromatic heterocycles. The first-order valence-corrected chi connectivity index (χ1v) is 5.49. The van der Waals surface area contributed by atoms with E-state index < -0.39 is 4.92 Å². The highest BCUT2D eigenvalue weighted by atomic mass is 16.6. The number of nitrogens with zero attached hydrogens (tertiary/aromatic N) is 3. The number of hydrogen-bond acceptors (Lipinski definition) is 4. The van der Waals surface area contributed by atoms with Gasteiger partial charge in [0, 0.05) is 31.1 Å². The molecule has 18 heavy (non-hydrogen) atoms. The Morgan fingerprint density at radius 3 is 2.61 bits per heavy atom. The van der Waals surface area contributed by atoms with E-state index in [-0.39, 0.29) is 5.69 Å².